The maximum Gasteiger partial charge on any atom is 0.137 e. The second kappa shape index (κ2) is 7.07. The van der Waals surface area contributed by atoms with Gasteiger partial charge in [0.2, 0.25) is 0 Å². The fourth-order valence-electron chi connectivity index (χ4n) is 1.13. The number of rotatable bonds is 6. The summed E-state index contributed by atoms with van der Waals surface area (Å²) >= 11 is 8.65. The van der Waals surface area contributed by atoms with Crippen LogP contribution in [0.5, 0.6) is 5.75 Å². The summed E-state index contributed by atoms with van der Waals surface area (Å²) in [5.41, 5.74) is 0. The van der Waals surface area contributed by atoms with Gasteiger partial charge in [0.25, 0.3) is 0 Å². The highest BCUT2D eigenvalue weighted by Crippen LogP contribution is 2.21. The van der Waals surface area contributed by atoms with Crippen LogP contribution in [0.25, 0.3) is 0 Å². The molecular weight excluding hydrogens is 282 g/mol. The quantitative estimate of drug-likeness (QED) is 0.559. The second-order valence-corrected chi connectivity index (χ2v) is 4.41. The average Bonchev–Trinajstić information content (AvgIpc) is 2.23. The van der Waals surface area contributed by atoms with Gasteiger partial charge in [-0.25, -0.2) is 4.39 Å². The van der Waals surface area contributed by atoms with Crippen molar-refractivity contribution in [2.24, 2.45) is 0 Å². The van der Waals surface area contributed by atoms with Gasteiger partial charge in [-0.1, -0.05) is 0 Å². The van der Waals surface area contributed by atoms with Crippen LogP contribution in [0.4, 0.5) is 4.39 Å². The van der Waals surface area contributed by atoms with Crippen molar-refractivity contribution in [3.05, 3.63) is 28.5 Å². The molecule has 1 aromatic rings. The molecule has 0 amide bonds. The Hall–Kier alpha value is -0.280. The van der Waals surface area contributed by atoms with E-state index in [0.29, 0.717) is 22.7 Å². The second-order valence-electron chi connectivity index (χ2n) is 3.17. The molecule has 0 aliphatic heterocycles. The molecular formula is C11H13BrClFO. The highest BCUT2D eigenvalue weighted by molar-refractivity contribution is 9.10. The first-order chi connectivity index (χ1) is 7.24. The molecule has 1 nitrogen and oxygen atoms in total. The first-order valence-corrected chi connectivity index (χ1v) is 6.20. The fraction of sp³-hybridized carbons (Fsp3) is 0.455. The predicted octanol–water partition coefficient (Wildman–Crippen LogP) is 4.38. The van der Waals surface area contributed by atoms with Gasteiger partial charge in [-0.3, -0.25) is 0 Å². The molecule has 1 aromatic carbocycles. The Balaban J connectivity index is 2.28. The Morgan fingerprint density at radius 2 is 2.07 bits per heavy atom. The molecule has 0 saturated carbocycles. The monoisotopic (exact) mass is 294 g/mol. The SMILES string of the molecule is Fc1ccc(OCCCCCCl)cc1Br. The zero-order chi connectivity index (χ0) is 11.1. The lowest BCUT2D eigenvalue weighted by molar-refractivity contribution is 0.305. The summed E-state index contributed by atoms with van der Waals surface area (Å²) in [4.78, 5) is 0. The van der Waals surface area contributed by atoms with Crippen LogP contribution in [0.1, 0.15) is 19.3 Å². The molecule has 0 unspecified atom stereocenters. The molecule has 0 bridgehead atoms. The van der Waals surface area contributed by atoms with E-state index in [1.165, 1.54) is 6.07 Å². The van der Waals surface area contributed by atoms with E-state index in [0.717, 1.165) is 19.3 Å². The number of unbranched alkanes of at least 4 members (excludes halogenated alkanes) is 2. The lowest BCUT2D eigenvalue weighted by Crippen LogP contribution is -1.97. The zero-order valence-corrected chi connectivity index (χ0v) is 10.7. The van der Waals surface area contributed by atoms with Gasteiger partial charge in [-0.05, 0) is 53.4 Å². The van der Waals surface area contributed by atoms with E-state index >= 15 is 0 Å². The van der Waals surface area contributed by atoms with Crippen LogP contribution in [-0.4, -0.2) is 12.5 Å². The largest absolute Gasteiger partial charge is 0.494 e. The first kappa shape index (κ1) is 12.8. The predicted molar refractivity (Wildman–Crippen MR) is 64.2 cm³/mol. The van der Waals surface area contributed by atoms with Gasteiger partial charge in [-0.2, -0.15) is 0 Å². The minimum atomic E-state index is -0.274. The molecule has 0 aromatic heterocycles. The molecule has 0 aliphatic rings. The lowest BCUT2D eigenvalue weighted by Gasteiger charge is -2.06. The minimum Gasteiger partial charge on any atom is -0.494 e. The van der Waals surface area contributed by atoms with Crippen LogP contribution in [0.15, 0.2) is 22.7 Å². The molecule has 0 heterocycles. The summed E-state index contributed by atoms with van der Waals surface area (Å²) in [5, 5.41) is 0. The Morgan fingerprint density at radius 3 is 2.73 bits per heavy atom. The zero-order valence-electron chi connectivity index (χ0n) is 8.31. The van der Waals surface area contributed by atoms with E-state index in [1.54, 1.807) is 12.1 Å². The van der Waals surface area contributed by atoms with Crippen molar-refractivity contribution < 1.29 is 9.13 Å². The number of halogens is 3. The molecule has 1 rings (SSSR count). The van der Waals surface area contributed by atoms with E-state index in [1.807, 2.05) is 0 Å². The lowest BCUT2D eigenvalue weighted by atomic mass is 10.3. The summed E-state index contributed by atoms with van der Waals surface area (Å²) in [6, 6.07) is 4.65. The summed E-state index contributed by atoms with van der Waals surface area (Å²) in [6.45, 7) is 0.648. The first-order valence-electron chi connectivity index (χ1n) is 4.88. The van der Waals surface area contributed by atoms with Gasteiger partial charge in [0.05, 0.1) is 11.1 Å². The Kier molecular flexibility index (Phi) is 6.03. The molecule has 84 valence electrons. The number of benzene rings is 1. The van der Waals surface area contributed by atoms with E-state index < -0.39 is 0 Å². The van der Waals surface area contributed by atoms with Crippen molar-refractivity contribution in [3.8, 4) is 5.75 Å². The molecule has 4 heteroatoms. The normalized spacial score (nSPS) is 10.3. The number of alkyl halides is 1. The Morgan fingerprint density at radius 1 is 1.27 bits per heavy atom. The van der Waals surface area contributed by atoms with Crippen molar-refractivity contribution in [2.45, 2.75) is 19.3 Å². The van der Waals surface area contributed by atoms with Crippen LogP contribution in [0.2, 0.25) is 0 Å². The van der Waals surface area contributed by atoms with Gasteiger partial charge < -0.3 is 4.74 Å². The molecule has 0 aliphatic carbocycles. The third-order valence-corrected chi connectivity index (χ3v) is 2.81. The van der Waals surface area contributed by atoms with Gasteiger partial charge in [-0.15, -0.1) is 11.6 Å². The maximum atomic E-state index is 12.9. The van der Waals surface area contributed by atoms with Crippen molar-refractivity contribution in [3.63, 3.8) is 0 Å². The van der Waals surface area contributed by atoms with Crippen LogP contribution < -0.4 is 4.74 Å². The standard InChI is InChI=1S/C11H13BrClFO/c12-10-8-9(4-5-11(10)14)15-7-3-1-2-6-13/h4-5,8H,1-3,6-7H2. The van der Waals surface area contributed by atoms with Gasteiger partial charge in [0.1, 0.15) is 11.6 Å². The van der Waals surface area contributed by atoms with Crippen molar-refractivity contribution in [1.82, 2.24) is 0 Å². The highest BCUT2D eigenvalue weighted by atomic mass is 79.9. The topological polar surface area (TPSA) is 9.23 Å². The summed E-state index contributed by atoms with van der Waals surface area (Å²) < 4.78 is 18.8. The molecule has 0 N–H and O–H groups in total. The van der Waals surface area contributed by atoms with E-state index in [2.05, 4.69) is 15.9 Å². The van der Waals surface area contributed by atoms with Crippen molar-refractivity contribution in [2.75, 3.05) is 12.5 Å². The average molecular weight is 296 g/mol. The van der Waals surface area contributed by atoms with Crippen LogP contribution in [-0.2, 0) is 0 Å². The van der Waals surface area contributed by atoms with Crippen molar-refractivity contribution in [1.29, 1.82) is 0 Å². The molecule has 0 spiro atoms. The third-order valence-electron chi connectivity index (χ3n) is 1.94. The highest BCUT2D eigenvalue weighted by Gasteiger charge is 2.00. The van der Waals surface area contributed by atoms with Gasteiger partial charge in [0, 0.05) is 5.88 Å². The Bertz CT molecular complexity index is 307. The fourth-order valence-corrected chi connectivity index (χ4v) is 1.68. The Labute approximate surface area is 103 Å². The van der Waals surface area contributed by atoms with Gasteiger partial charge >= 0.3 is 0 Å². The van der Waals surface area contributed by atoms with E-state index in [9.17, 15) is 4.39 Å². The van der Waals surface area contributed by atoms with Crippen LogP contribution >= 0.6 is 27.5 Å². The van der Waals surface area contributed by atoms with Crippen LogP contribution in [0.3, 0.4) is 0 Å². The molecule has 0 atom stereocenters. The van der Waals surface area contributed by atoms with Gasteiger partial charge in [0.15, 0.2) is 0 Å². The minimum absolute atomic E-state index is 0.274. The molecule has 0 saturated heterocycles. The number of hydrogen-bond acceptors (Lipinski definition) is 1. The van der Waals surface area contributed by atoms with E-state index in [-0.39, 0.29) is 5.82 Å². The van der Waals surface area contributed by atoms with E-state index in [4.69, 9.17) is 16.3 Å². The smallest absolute Gasteiger partial charge is 0.137 e. The van der Waals surface area contributed by atoms with Crippen molar-refractivity contribution >= 4 is 27.5 Å². The molecule has 15 heavy (non-hydrogen) atoms. The number of ether oxygens (including phenoxy) is 1. The maximum absolute atomic E-state index is 12.9. The summed E-state index contributed by atoms with van der Waals surface area (Å²) in [7, 11) is 0. The third kappa shape index (κ3) is 4.85. The summed E-state index contributed by atoms with van der Waals surface area (Å²) in [6.07, 6.45) is 3.05. The molecule has 0 fully saturated rings. The van der Waals surface area contributed by atoms with Crippen LogP contribution in [0, 0.1) is 5.82 Å². The molecule has 0 radical (unpaired) electrons. The summed E-state index contributed by atoms with van der Waals surface area (Å²) in [5.74, 6) is 1.11. The number of hydrogen-bond donors (Lipinski definition) is 0.